The van der Waals surface area contributed by atoms with Crippen molar-refractivity contribution in [3.63, 3.8) is 0 Å². The van der Waals surface area contributed by atoms with Gasteiger partial charge in [0.25, 0.3) is 0 Å². The van der Waals surface area contributed by atoms with Crippen LogP contribution in [-0.4, -0.2) is 7.11 Å². The van der Waals surface area contributed by atoms with Gasteiger partial charge in [-0.1, -0.05) is 17.7 Å². The van der Waals surface area contributed by atoms with Gasteiger partial charge in [-0.15, -0.1) is 0 Å². The molecule has 0 aromatic heterocycles. The van der Waals surface area contributed by atoms with Crippen LogP contribution in [0.2, 0.25) is 5.02 Å². The van der Waals surface area contributed by atoms with Crippen molar-refractivity contribution in [3.05, 3.63) is 46.5 Å². The van der Waals surface area contributed by atoms with Gasteiger partial charge in [0.2, 0.25) is 0 Å². The Labute approximate surface area is 112 Å². The molecule has 18 heavy (non-hydrogen) atoms. The zero-order valence-electron chi connectivity index (χ0n) is 10.8. The van der Waals surface area contributed by atoms with Crippen molar-refractivity contribution in [2.24, 2.45) is 0 Å². The Balaban J connectivity index is 2.54. The van der Waals surface area contributed by atoms with Crippen LogP contribution < -0.4 is 10.5 Å². The average molecular weight is 262 g/mol. The van der Waals surface area contributed by atoms with Crippen molar-refractivity contribution >= 4 is 17.3 Å². The highest BCUT2D eigenvalue weighted by Crippen LogP contribution is 2.32. The number of nitrogens with two attached hydrogens (primary N) is 1. The summed E-state index contributed by atoms with van der Waals surface area (Å²) in [6, 6.07) is 9.87. The lowest BCUT2D eigenvalue weighted by molar-refractivity contribution is 0.408. The van der Waals surface area contributed by atoms with Gasteiger partial charge < -0.3 is 10.5 Å². The van der Waals surface area contributed by atoms with Gasteiger partial charge in [-0.3, -0.25) is 0 Å². The molecule has 0 heterocycles. The Kier molecular flexibility index (Phi) is 3.48. The highest BCUT2D eigenvalue weighted by Gasteiger charge is 2.07. The van der Waals surface area contributed by atoms with Crippen LogP contribution in [0.5, 0.6) is 5.75 Å². The quantitative estimate of drug-likeness (QED) is 0.822. The minimum Gasteiger partial charge on any atom is -0.496 e. The van der Waals surface area contributed by atoms with E-state index in [4.69, 9.17) is 22.1 Å². The van der Waals surface area contributed by atoms with Crippen LogP contribution in [0.1, 0.15) is 11.1 Å². The molecule has 3 heteroatoms. The smallest absolute Gasteiger partial charge is 0.124 e. The Hall–Kier alpha value is -1.67. The summed E-state index contributed by atoms with van der Waals surface area (Å²) in [6.07, 6.45) is 0. The van der Waals surface area contributed by atoms with Crippen molar-refractivity contribution in [1.82, 2.24) is 0 Å². The number of anilines is 1. The van der Waals surface area contributed by atoms with E-state index in [2.05, 4.69) is 12.1 Å². The monoisotopic (exact) mass is 261 g/mol. The molecule has 2 aromatic rings. The van der Waals surface area contributed by atoms with Gasteiger partial charge in [0.1, 0.15) is 5.75 Å². The van der Waals surface area contributed by atoms with Crippen LogP contribution in [0.4, 0.5) is 5.69 Å². The fraction of sp³-hybridized carbons (Fsp3) is 0.200. The zero-order chi connectivity index (χ0) is 13.3. The summed E-state index contributed by atoms with van der Waals surface area (Å²) in [5.74, 6) is 0.931. The van der Waals surface area contributed by atoms with Crippen LogP contribution in [0.3, 0.4) is 0 Å². The molecule has 2 rings (SSSR count). The molecular weight excluding hydrogens is 246 g/mol. The van der Waals surface area contributed by atoms with E-state index in [0.717, 1.165) is 28.0 Å². The first-order chi connectivity index (χ1) is 8.52. The number of rotatable bonds is 2. The molecule has 2 aromatic carbocycles. The lowest BCUT2D eigenvalue weighted by Gasteiger charge is -2.12. The summed E-state index contributed by atoms with van der Waals surface area (Å²) < 4.78 is 5.36. The molecular formula is C15H16ClNO. The molecule has 2 N–H and O–H groups in total. The highest BCUT2D eigenvalue weighted by atomic mass is 35.5. The average Bonchev–Trinajstić information content (AvgIpc) is 2.32. The second-order valence-corrected chi connectivity index (χ2v) is 4.79. The molecule has 0 unspecified atom stereocenters. The van der Waals surface area contributed by atoms with Crippen molar-refractivity contribution in [2.75, 3.05) is 12.8 Å². The van der Waals surface area contributed by atoms with E-state index in [-0.39, 0.29) is 0 Å². The molecule has 0 fully saturated rings. The molecule has 0 spiro atoms. The van der Waals surface area contributed by atoms with E-state index in [1.807, 2.05) is 32.0 Å². The van der Waals surface area contributed by atoms with Crippen LogP contribution in [0.25, 0.3) is 11.1 Å². The first-order valence-corrected chi connectivity index (χ1v) is 6.11. The zero-order valence-corrected chi connectivity index (χ0v) is 11.5. The summed E-state index contributed by atoms with van der Waals surface area (Å²) in [6.45, 7) is 4.07. The molecule has 0 radical (unpaired) electrons. The van der Waals surface area contributed by atoms with E-state index in [9.17, 15) is 0 Å². The van der Waals surface area contributed by atoms with Crippen molar-refractivity contribution < 1.29 is 4.74 Å². The number of ether oxygens (including phenoxy) is 1. The van der Waals surface area contributed by atoms with Crippen LogP contribution in [0.15, 0.2) is 30.3 Å². The van der Waals surface area contributed by atoms with Gasteiger partial charge in [0.15, 0.2) is 0 Å². The fourth-order valence-corrected chi connectivity index (χ4v) is 2.33. The molecule has 0 aliphatic carbocycles. The Morgan fingerprint density at radius 3 is 2.11 bits per heavy atom. The Morgan fingerprint density at radius 2 is 1.61 bits per heavy atom. The minimum absolute atomic E-state index is 0.582. The molecule has 0 amide bonds. The van der Waals surface area contributed by atoms with Crippen LogP contribution in [0, 0.1) is 13.8 Å². The first kappa shape index (κ1) is 12.8. The van der Waals surface area contributed by atoms with Gasteiger partial charge >= 0.3 is 0 Å². The van der Waals surface area contributed by atoms with Gasteiger partial charge in [-0.05, 0) is 60.4 Å². The predicted molar refractivity (Wildman–Crippen MR) is 77.3 cm³/mol. The summed E-state index contributed by atoms with van der Waals surface area (Å²) in [5, 5.41) is 0.582. The maximum Gasteiger partial charge on any atom is 0.124 e. The summed E-state index contributed by atoms with van der Waals surface area (Å²) >= 11 is 6.05. The van der Waals surface area contributed by atoms with E-state index < -0.39 is 0 Å². The largest absolute Gasteiger partial charge is 0.496 e. The number of hydrogen-bond acceptors (Lipinski definition) is 2. The van der Waals surface area contributed by atoms with Crippen molar-refractivity contribution in [2.45, 2.75) is 13.8 Å². The maximum absolute atomic E-state index is 6.05. The van der Waals surface area contributed by atoms with E-state index in [1.165, 1.54) is 0 Å². The first-order valence-electron chi connectivity index (χ1n) is 5.73. The van der Waals surface area contributed by atoms with E-state index in [1.54, 1.807) is 7.11 Å². The topological polar surface area (TPSA) is 35.2 Å². The van der Waals surface area contributed by atoms with Gasteiger partial charge in [-0.2, -0.15) is 0 Å². The molecule has 0 bridgehead atoms. The van der Waals surface area contributed by atoms with E-state index in [0.29, 0.717) is 10.7 Å². The molecule has 0 atom stereocenters. The third kappa shape index (κ3) is 2.29. The predicted octanol–water partition coefficient (Wildman–Crippen LogP) is 4.21. The third-order valence-corrected chi connectivity index (χ3v) is 3.33. The maximum atomic E-state index is 6.05. The number of benzene rings is 2. The lowest BCUT2D eigenvalue weighted by Crippen LogP contribution is -1.92. The molecule has 2 nitrogen and oxygen atoms in total. The normalized spacial score (nSPS) is 10.4. The van der Waals surface area contributed by atoms with Crippen molar-refractivity contribution in [3.8, 4) is 16.9 Å². The van der Waals surface area contributed by atoms with Crippen LogP contribution >= 0.6 is 11.6 Å². The number of halogens is 1. The molecule has 0 aliphatic heterocycles. The standard InChI is InChI=1S/C15H16ClNO/c1-9-6-12(7-10(2)15(9)18-3)11-4-5-14(17)13(16)8-11/h4-8H,17H2,1-3H3. The fourth-order valence-electron chi connectivity index (χ4n) is 2.15. The molecule has 0 saturated heterocycles. The third-order valence-electron chi connectivity index (χ3n) is 3.00. The summed E-state index contributed by atoms with van der Waals surface area (Å²) in [5.41, 5.74) is 10.7. The van der Waals surface area contributed by atoms with Gasteiger partial charge in [0.05, 0.1) is 17.8 Å². The number of nitrogen functional groups attached to an aromatic ring is 1. The number of aryl methyl sites for hydroxylation is 2. The summed E-state index contributed by atoms with van der Waals surface area (Å²) in [7, 11) is 1.69. The van der Waals surface area contributed by atoms with Crippen LogP contribution in [-0.2, 0) is 0 Å². The second-order valence-electron chi connectivity index (χ2n) is 4.38. The molecule has 0 aliphatic rings. The van der Waals surface area contributed by atoms with E-state index >= 15 is 0 Å². The SMILES string of the molecule is COc1c(C)cc(-c2ccc(N)c(Cl)c2)cc1C. The lowest BCUT2D eigenvalue weighted by atomic mass is 9.99. The minimum atomic E-state index is 0.582. The highest BCUT2D eigenvalue weighted by molar-refractivity contribution is 6.33. The van der Waals surface area contributed by atoms with Crippen molar-refractivity contribution in [1.29, 1.82) is 0 Å². The Morgan fingerprint density at radius 1 is 1.00 bits per heavy atom. The summed E-state index contributed by atoms with van der Waals surface area (Å²) in [4.78, 5) is 0. The number of hydrogen-bond donors (Lipinski definition) is 1. The second kappa shape index (κ2) is 4.91. The van der Waals surface area contributed by atoms with Gasteiger partial charge in [-0.25, -0.2) is 0 Å². The Bertz CT molecular complexity index is 570. The van der Waals surface area contributed by atoms with Gasteiger partial charge in [0, 0.05) is 0 Å². The molecule has 94 valence electrons. The number of methoxy groups -OCH3 is 1. The molecule has 0 saturated carbocycles.